The Bertz CT molecular complexity index is 543. The highest BCUT2D eigenvalue weighted by Crippen LogP contribution is 2.41. The summed E-state index contributed by atoms with van der Waals surface area (Å²) in [4.78, 5) is 0. The van der Waals surface area contributed by atoms with Crippen molar-refractivity contribution in [1.29, 1.82) is 5.26 Å². The van der Waals surface area contributed by atoms with Crippen LogP contribution >= 0.6 is 0 Å². The van der Waals surface area contributed by atoms with Gasteiger partial charge in [0.15, 0.2) is 11.5 Å². The summed E-state index contributed by atoms with van der Waals surface area (Å²) in [5.41, 5.74) is 1.95. The van der Waals surface area contributed by atoms with E-state index < -0.39 is 8.07 Å². The zero-order valence-corrected chi connectivity index (χ0v) is 14.6. The van der Waals surface area contributed by atoms with Crippen LogP contribution in [0, 0.1) is 11.3 Å². The van der Waals surface area contributed by atoms with Gasteiger partial charge in [-0.05, 0) is 29.3 Å². The molecule has 0 aliphatic rings. The van der Waals surface area contributed by atoms with Gasteiger partial charge in [-0.15, -0.1) is 0 Å². The molecule has 21 heavy (non-hydrogen) atoms. The Labute approximate surface area is 128 Å². The van der Waals surface area contributed by atoms with Crippen molar-refractivity contribution in [3.63, 3.8) is 0 Å². The van der Waals surface area contributed by atoms with Gasteiger partial charge in [0, 0.05) is 14.1 Å². The van der Waals surface area contributed by atoms with Crippen molar-refractivity contribution in [3.05, 3.63) is 23.8 Å². The fourth-order valence-corrected chi connectivity index (χ4v) is 3.60. The number of rotatable bonds is 6. The SMILES string of the molecule is COc1cc(/C(=C/C#N)C[Si](C)(C)C)cc(OC)c1OC. The van der Waals surface area contributed by atoms with Gasteiger partial charge in [0.25, 0.3) is 0 Å². The molecular weight excluding hydrogens is 282 g/mol. The molecule has 0 spiro atoms. The van der Waals surface area contributed by atoms with Crippen molar-refractivity contribution in [3.8, 4) is 23.3 Å². The summed E-state index contributed by atoms with van der Waals surface area (Å²) in [6, 6.07) is 6.84. The number of hydrogen-bond donors (Lipinski definition) is 0. The Balaban J connectivity index is 3.40. The van der Waals surface area contributed by atoms with Crippen LogP contribution in [0.3, 0.4) is 0 Å². The molecule has 0 amide bonds. The average Bonchev–Trinajstić information content (AvgIpc) is 2.43. The van der Waals surface area contributed by atoms with E-state index in [9.17, 15) is 0 Å². The number of nitriles is 1. The Morgan fingerprint density at radius 1 is 1.10 bits per heavy atom. The highest BCUT2D eigenvalue weighted by atomic mass is 28.3. The fraction of sp³-hybridized carbons (Fsp3) is 0.438. The van der Waals surface area contributed by atoms with Gasteiger partial charge in [0.2, 0.25) is 5.75 Å². The van der Waals surface area contributed by atoms with Crippen LogP contribution in [0.25, 0.3) is 5.57 Å². The maximum atomic E-state index is 9.05. The highest BCUT2D eigenvalue weighted by molar-refractivity contribution is 6.77. The van der Waals surface area contributed by atoms with E-state index in [4.69, 9.17) is 19.5 Å². The van der Waals surface area contributed by atoms with Crippen molar-refractivity contribution in [2.75, 3.05) is 21.3 Å². The average molecular weight is 305 g/mol. The lowest BCUT2D eigenvalue weighted by atomic mass is 10.1. The molecular formula is C16H23NO3Si. The number of ether oxygens (including phenoxy) is 3. The first-order chi connectivity index (χ1) is 9.86. The molecule has 0 N–H and O–H groups in total. The highest BCUT2D eigenvalue weighted by Gasteiger charge is 2.20. The Morgan fingerprint density at radius 2 is 1.62 bits per heavy atom. The second-order valence-electron chi connectivity index (χ2n) is 5.95. The number of methoxy groups -OCH3 is 3. The minimum Gasteiger partial charge on any atom is -0.493 e. The quantitative estimate of drug-likeness (QED) is 0.589. The Kier molecular flexibility index (Phi) is 5.86. The summed E-state index contributed by atoms with van der Waals surface area (Å²) in [6.45, 7) is 6.82. The van der Waals surface area contributed by atoms with Gasteiger partial charge in [-0.1, -0.05) is 19.6 Å². The fourth-order valence-electron chi connectivity index (χ4n) is 2.15. The lowest BCUT2D eigenvalue weighted by Crippen LogP contribution is -2.19. The predicted octanol–water partition coefficient (Wildman–Crippen LogP) is 3.96. The molecule has 1 aromatic carbocycles. The molecule has 4 nitrogen and oxygen atoms in total. The number of allylic oxidation sites excluding steroid dienone is 2. The predicted molar refractivity (Wildman–Crippen MR) is 87.8 cm³/mol. The van der Waals surface area contributed by atoms with Crippen molar-refractivity contribution in [1.82, 2.24) is 0 Å². The third-order valence-corrected chi connectivity index (χ3v) is 4.44. The summed E-state index contributed by atoms with van der Waals surface area (Å²) in [6.07, 6.45) is 1.61. The van der Waals surface area contributed by atoms with E-state index in [1.165, 1.54) is 0 Å². The summed E-state index contributed by atoms with van der Waals surface area (Å²) >= 11 is 0. The standard InChI is InChI=1S/C16H23NO3Si/c1-18-14-9-13(10-15(19-2)16(14)20-3)12(7-8-17)11-21(4,5)6/h7,9-10H,11H2,1-6H3/b12-7+. The van der Waals surface area contributed by atoms with E-state index >= 15 is 0 Å². The first-order valence-corrected chi connectivity index (χ1v) is 10.5. The summed E-state index contributed by atoms with van der Waals surface area (Å²) in [5.74, 6) is 1.77. The molecule has 0 atom stereocenters. The molecule has 114 valence electrons. The Morgan fingerprint density at radius 3 is 1.95 bits per heavy atom. The smallest absolute Gasteiger partial charge is 0.203 e. The molecule has 0 unspecified atom stereocenters. The first kappa shape index (κ1) is 17.1. The van der Waals surface area contributed by atoms with Crippen molar-refractivity contribution in [2.45, 2.75) is 25.7 Å². The largest absolute Gasteiger partial charge is 0.493 e. The normalized spacial score (nSPS) is 11.8. The van der Waals surface area contributed by atoms with Crippen molar-refractivity contribution >= 4 is 13.6 Å². The van der Waals surface area contributed by atoms with Crippen LogP contribution in [0.2, 0.25) is 25.7 Å². The lowest BCUT2D eigenvalue weighted by molar-refractivity contribution is 0.324. The molecule has 0 bridgehead atoms. The molecule has 1 aromatic rings. The maximum absolute atomic E-state index is 9.05. The number of nitrogens with zero attached hydrogens (tertiary/aromatic N) is 1. The topological polar surface area (TPSA) is 51.5 Å². The van der Waals surface area contributed by atoms with Gasteiger partial charge in [-0.2, -0.15) is 5.26 Å². The van der Waals surface area contributed by atoms with Crippen LogP contribution in [0.1, 0.15) is 5.56 Å². The summed E-state index contributed by atoms with van der Waals surface area (Å²) < 4.78 is 16.1. The van der Waals surface area contributed by atoms with Crippen LogP contribution in [0.4, 0.5) is 0 Å². The molecule has 0 heterocycles. The second-order valence-corrected chi connectivity index (χ2v) is 11.4. The Hall–Kier alpha value is -1.93. The van der Waals surface area contributed by atoms with E-state index in [2.05, 4.69) is 25.7 Å². The minimum atomic E-state index is -1.35. The lowest BCUT2D eigenvalue weighted by Gasteiger charge is -2.20. The number of hydrogen-bond acceptors (Lipinski definition) is 4. The minimum absolute atomic E-state index is 0.563. The molecule has 0 saturated heterocycles. The molecule has 0 fully saturated rings. The molecule has 1 rings (SSSR count). The van der Waals surface area contributed by atoms with Gasteiger partial charge in [0.05, 0.1) is 27.4 Å². The first-order valence-electron chi connectivity index (χ1n) is 6.75. The van der Waals surface area contributed by atoms with Gasteiger partial charge >= 0.3 is 0 Å². The van der Waals surface area contributed by atoms with Gasteiger partial charge in [-0.3, -0.25) is 0 Å². The third-order valence-electron chi connectivity index (χ3n) is 3.00. The van der Waals surface area contributed by atoms with E-state index in [0.717, 1.165) is 17.2 Å². The van der Waals surface area contributed by atoms with Crippen LogP contribution in [0.5, 0.6) is 17.2 Å². The van der Waals surface area contributed by atoms with Crippen molar-refractivity contribution in [2.24, 2.45) is 0 Å². The summed E-state index contributed by atoms with van der Waals surface area (Å²) in [5, 5.41) is 9.05. The maximum Gasteiger partial charge on any atom is 0.203 e. The van der Waals surface area contributed by atoms with E-state index in [1.54, 1.807) is 27.4 Å². The molecule has 5 heteroatoms. The molecule has 0 radical (unpaired) electrons. The molecule has 0 aliphatic carbocycles. The molecule has 0 saturated carbocycles. The third kappa shape index (κ3) is 4.54. The molecule has 0 aliphatic heterocycles. The van der Waals surface area contributed by atoms with Crippen LogP contribution in [-0.2, 0) is 0 Å². The van der Waals surface area contributed by atoms with E-state index in [-0.39, 0.29) is 0 Å². The zero-order chi connectivity index (χ0) is 16.0. The van der Waals surface area contributed by atoms with Gasteiger partial charge in [0.1, 0.15) is 0 Å². The van der Waals surface area contributed by atoms with Gasteiger partial charge < -0.3 is 14.2 Å². The van der Waals surface area contributed by atoms with Crippen molar-refractivity contribution < 1.29 is 14.2 Å². The van der Waals surface area contributed by atoms with Crippen LogP contribution < -0.4 is 14.2 Å². The molecule has 0 aromatic heterocycles. The van der Waals surface area contributed by atoms with Crippen LogP contribution in [0.15, 0.2) is 18.2 Å². The van der Waals surface area contributed by atoms with Crippen LogP contribution in [-0.4, -0.2) is 29.4 Å². The van der Waals surface area contributed by atoms with Gasteiger partial charge in [-0.25, -0.2) is 0 Å². The number of benzene rings is 1. The summed E-state index contributed by atoms with van der Waals surface area (Å²) in [7, 11) is 3.41. The van der Waals surface area contributed by atoms with E-state index in [0.29, 0.717) is 17.2 Å². The second kappa shape index (κ2) is 7.18. The van der Waals surface area contributed by atoms with E-state index in [1.807, 2.05) is 12.1 Å². The monoisotopic (exact) mass is 305 g/mol. The zero-order valence-electron chi connectivity index (χ0n) is 13.6.